The molecule has 7 nitrogen and oxygen atoms in total. The van der Waals surface area contributed by atoms with Crippen molar-refractivity contribution in [3.05, 3.63) is 4.13 Å². The van der Waals surface area contributed by atoms with Gasteiger partial charge in [0.05, 0.1) is 27.2 Å². The van der Waals surface area contributed by atoms with Crippen LogP contribution in [0.4, 0.5) is 17.1 Å². The molecule has 0 aliphatic heterocycles. The molecule has 0 rings (SSSR count). The van der Waals surface area contributed by atoms with Crippen molar-refractivity contribution in [2.75, 3.05) is 33.8 Å². The first kappa shape index (κ1) is 26.0. The number of alkyl halides is 3. The Labute approximate surface area is 142 Å². The molecule has 24 heavy (non-hydrogen) atoms. The molecule has 0 aliphatic carbocycles. The molecular formula is C10H24F4N2O5S2Si. The first-order valence-corrected chi connectivity index (χ1v) is 12.9. The largest absolute Gasteiger partial charge is 0.480 e. The molecule has 0 saturated heterocycles. The van der Waals surface area contributed by atoms with Gasteiger partial charge in [-0.1, -0.05) is 0 Å². The Morgan fingerprint density at radius 1 is 1.08 bits per heavy atom. The van der Waals surface area contributed by atoms with Crippen molar-refractivity contribution < 1.29 is 42.8 Å². The topological polar surface area (TPSA) is 91.6 Å². The van der Waals surface area contributed by atoms with Crippen LogP contribution < -0.4 is 0 Å². The van der Waals surface area contributed by atoms with Gasteiger partial charge < -0.3 is 13.0 Å². The summed E-state index contributed by atoms with van der Waals surface area (Å²) in [5, 5.41) is 0. The summed E-state index contributed by atoms with van der Waals surface area (Å²) in [5.41, 5.74) is -5.91. The SMILES string of the molecule is CC[N+](C)(C)CCO[Si](C)(C)C.O=S(=O)(F)[N-]S(=O)(=O)C(F)(F)F. The number of hydrogen-bond donors (Lipinski definition) is 0. The molecule has 0 aromatic heterocycles. The Morgan fingerprint density at radius 2 is 1.50 bits per heavy atom. The highest BCUT2D eigenvalue weighted by Crippen LogP contribution is 2.30. The Bertz CT molecular complexity index is 585. The van der Waals surface area contributed by atoms with E-state index in [1.165, 1.54) is 6.54 Å². The molecule has 14 heteroatoms. The molecule has 148 valence electrons. The van der Waals surface area contributed by atoms with E-state index in [0.29, 0.717) is 0 Å². The number of halogens is 4. The molecular weight excluding hydrogens is 396 g/mol. The Balaban J connectivity index is 0. The van der Waals surface area contributed by atoms with E-state index < -0.39 is 34.3 Å². The van der Waals surface area contributed by atoms with Crippen LogP contribution in [0, 0.1) is 0 Å². The van der Waals surface area contributed by atoms with Crippen molar-refractivity contribution in [3.63, 3.8) is 0 Å². The normalized spacial score (nSPS) is 14.1. The maximum atomic E-state index is 11.3. The summed E-state index contributed by atoms with van der Waals surface area (Å²) in [6.45, 7) is 12.1. The third-order valence-electron chi connectivity index (χ3n) is 2.57. The third-order valence-corrected chi connectivity index (χ3v) is 5.72. The fourth-order valence-electron chi connectivity index (χ4n) is 0.917. The molecule has 0 aromatic carbocycles. The second-order valence-electron chi connectivity index (χ2n) is 6.34. The molecule has 0 radical (unpaired) electrons. The lowest BCUT2D eigenvalue weighted by Crippen LogP contribution is -2.43. The first-order chi connectivity index (χ1) is 10.2. The molecule has 0 N–H and O–H groups in total. The summed E-state index contributed by atoms with van der Waals surface area (Å²) in [6, 6.07) is 0. The number of hydrogen-bond acceptors (Lipinski definition) is 5. The average Bonchev–Trinajstić information content (AvgIpc) is 2.22. The summed E-state index contributed by atoms with van der Waals surface area (Å²) >= 11 is 0. The van der Waals surface area contributed by atoms with E-state index in [9.17, 15) is 33.9 Å². The van der Waals surface area contributed by atoms with Crippen LogP contribution in [0.25, 0.3) is 4.13 Å². The van der Waals surface area contributed by atoms with E-state index in [1.54, 1.807) is 0 Å². The van der Waals surface area contributed by atoms with Crippen LogP contribution >= 0.6 is 0 Å². The average molecular weight is 421 g/mol. The predicted octanol–water partition coefficient (Wildman–Crippen LogP) is 2.36. The molecule has 0 atom stereocenters. The van der Waals surface area contributed by atoms with Gasteiger partial charge in [-0.3, -0.25) is 0 Å². The van der Waals surface area contributed by atoms with E-state index in [-0.39, 0.29) is 0 Å². The van der Waals surface area contributed by atoms with Gasteiger partial charge in [-0.25, -0.2) is 16.8 Å². The van der Waals surface area contributed by atoms with Gasteiger partial charge in [0.25, 0.3) is 0 Å². The Morgan fingerprint density at radius 3 is 1.71 bits per heavy atom. The minimum Gasteiger partial charge on any atom is -0.412 e. The molecule has 0 heterocycles. The summed E-state index contributed by atoms with van der Waals surface area (Å²) < 4.78 is 91.2. The Hall–Kier alpha value is -0.283. The monoisotopic (exact) mass is 420 g/mol. The van der Waals surface area contributed by atoms with Gasteiger partial charge in [0.2, 0.25) is 10.4 Å². The van der Waals surface area contributed by atoms with Gasteiger partial charge >= 0.3 is 5.51 Å². The van der Waals surface area contributed by atoms with Crippen molar-refractivity contribution in [1.29, 1.82) is 0 Å². The van der Waals surface area contributed by atoms with Crippen molar-refractivity contribution in [2.45, 2.75) is 32.1 Å². The van der Waals surface area contributed by atoms with Crippen molar-refractivity contribution in [3.8, 4) is 0 Å². The summed E-state index contributed by atoms with van der Waals surface area (Å²) in [4.78, 5) is 0. The predicted molar refractivity (Wildman–Crippen MR) is 85.2 cm³/mol. The molecule has 0 spiro atoms. The molecule has 0 bridgehead atoms. The molecule has 0 saturated carbocycles. The van der Waals surface area contributed by atoms with Gasteiger partial charge in [-0.15, -0.1) is 3.89 Å². The quantitative estimate of drug-likeness (QED) is 0.273. The second-order valence-corrected chi connectivity index (χ2v) is 13.7. The highest BCUT2D eigenvalue weighted by molar-refractivity contribution is 8.10. The molecule has 0 fully saturated rings. The molecule has 0 unspecified atom stereocenters. The lowest BCUT2D eigenvalue weighted by Gasteiger charge is -2.29. The summed E-state index contributed by atoms with van der Waals surface area (Å²) in [6.07, 6.45) is 0. The Kier molecular flexibility index (Phi) is 9.61. The number of nitrogens with zero attached hydrogens (tertiary/aromatic N) is 2. The fraction of sp³-hybridized carbons (Fsp3) is 1.00. The van der Waals surface area contributed by atoms with Crippen molar-refractivity contribution in [1.82, 2.24) is 0 Å². The molecule has 0 aliphatic rings. The van der Waals surface area contributed by atoms with Gasteiger partial charge in [-0.2, -0.15) is 13.2 Å². The van der Waals surface area contributed by atoms with Crippen LogP contribution in [-0.2, 0) is 24.9 Å². The number of quaternary nitrogens is 1. The van der Waals surface area contributed by atoms with Crippen LogP contribution in [0.15, 0.2) is 0 Å². The van der Waals surface area contributed by atoms with Gasteiger partial charge in [-0.05, 0) is 26.6 Å². The van der Waals surface area contributed by atoms with E-state index in [4.69, 9.17) is 4.43 Å². The standard InChI is InChI=1S/C9H24NOSi.CF4NO4S2/c1-7-10(2,3)8-9-11-12(4,5)6;2-1(3,4)11(7,8)6-12(5,9)10/h7-9H2,1-6H3;/q+1;-1. The van der Waals surface area contributed by atoms with Crippen LogP contribution in [0.5, 0.6) is 0 Å². The van der Waals surface area contributed by atoms with E-state index in [2.05, 4.69) is 40.7 Å². The van der Waals surface area contributed by atoms with Gasteiger partial charge in [0.15, 0.2) is 18.3 Å². The maximum absolute atomic E-state index is 11.3. The second kappa shape index (κ2) is 8.89. The van der Waals surface area contributed by atoms with E-state index in [1.807, 2.05) is 0 Å². The minimum absolute atomic E-state index is 0.913. The summed E-state index contributed by atoms with van der Waals surface area (Å²) in [5.74, 6) is 0. The first-order valence-electron chi connectivity index (χ1n) is 6.68. The smallest absolute Gasteiger partial charge is 0.412 e. The minimum atomic E-state index is -6.29. The molecule has 0 aromatic rings. The lowest BCUT2D eigenvalue weighted by molar-refractivity contribution is -0.888. The zero-order valence-corrected chi connectivity index (χ0v) is 17.0. The number of likely N-dealkylation sites (N-methyl/N-ethyl adjacent to an activating group) is 1. The number of sulfonamides is 1. The molecule has 0 amide bonds. The third kappa shape index (κ3) is 14.1. The highest BCUT2D eigenvalue weighted by Gasteiger charge is 2.40. The van der Waals surface area contributed by atoms with Crippen molar-refractivity contribution in [2.24, 2.45) is 0 Å². The zero-order chi connectivity index (χ0) is 20.0. The highest BCUT2D eigenvalue weighted by atomic mass is 32.3. The maximum Gasteiger partial charge on any atom is 0.480 e. The van der Waals surface area contributed by atoms with Crippen LogP contribution in [0.2, 0.25) is 19.6 Å². The van der Waals surface area contributed by atoms with Crippen LogP contribution in [-0.4, -0.2) is 68.9 Å². The van der Waals surface area contributed by atoms with Crippen LogP contribution in [0.1, 0.15) is 6.92 Å². The number of rotatable bonds is 7. The van der Waals surface area contributed by atoms with E-state index >= 15 is 0 Å². The van der Waals surface area contributed by atoms with Crippen molar-refractivity contribution >= 4 is 28.7 Å². The summed E-state index contributed by atoms with van der Waals surface area (Å²) in [7, 11) is -9.13. The van der Waals surface area contributed by atoms with E-state index in [0.717, 1.165) is 21.8 Å². The van der Waals surface area contributed by atoms with Gasteiger partial charge in [0, 0.05) is 0 Å². The fourth-order valence-corrected chi connectivity index (χ4v) is 2.90. The van der Waals surface area contributed by atoms with Gasteiger partial charge in [0.1, 0.15) is 6.54 Å². The zero-order valence-electron chi connectivity index (χ0n) is 14.4. The van der Waals surface area contributed by atoms with Crippen LogP contribution in [0.3, 0.4) is 0 Å². The lowest BCUT2D eigenvalue weighted by atomic mass is 10.4.